The predicted molar refractivity (Wildman–Crippen MR) is 77.8 cm³/mol. The zero-order chi connectivity index (χ0) is 14.5. The molecule has 0 saturated carbocycles. The summed E-state index contributed by atoms with van der Waals surface area (Å²) in [6.45, 7) is 0.0700. The van der Waals surface area contributed by atoms with E-state index in [1.165, 1.54) is 24.3 Å². The van der Waals surface area contributed by atoms with E-state index in [1.807, 2.05) is 0 Å². The third kappa shape index (κ3) is 3.88. The molecule has 0 heterocycles. The number of hydrogen-bond donors (Lipinski definition) is 2. The van der Waals surface area contributed by atoms with Crippen molar-refractivity contribution in [1.82, 2.24) is 5.32 Å². The van der Waals surface area contributed by atoms with Crippen molar-refractivity contribution >= 4 is 21.8 Å². The van der Waals surface area contributed by atoms with Crippen LogP contribution in [0.3, 0.4) is 0 Å². The fourth-order valence-electron chi connectivity index (χ4n) is 1.70. The standard InChI is InChI=1S/C15H13BrFNO2/c16-12-5-1-11(2-6-12)15(20)18-9-14(19)10-3-7-13(17)8-4-10/h1-8,14,19H,9H2,(H,18,20). The van der Waals surface area contributed by atoms with Gasteiger partial charge in [-0.3, -0.25) is 4.79 Å². The van der Waals surface area contributed by atoms with Crippen LogP contribution in [0.15, 0.2) is 53.0 Å². The van der Waals surface area contributed by atoms with Crippen LogP contribution in [-0.2, 0) is 0 Å². The number of halogens is 2. The highest BCUT2D eigenvalue weighted by atomic mass is 79.9. The number of nitrogens with one attached hydrogen (secondary N) is 1. The van der Waals surface area contributed by atoms with Crippen LogP contribution >= 0.6 is 15.9 Å². The lowest BCUT2D eigenvalue weighted by Crippen LogP contribution is -2.28. The lowest BCUT2D eigenvalue weighted by atomic mass is 10.1. The van der Waals surface area contributed by atoms with Gasteiger partial charge in [0.05, 0.1) is 6.10 Å². The lowest BCUT2D eigenvalue weighted by molar-refractivity contribution is 0.0916. The number of carbonyl (C=O) groups is 1. The number of aliphatic hydroxyl groups is 1. The van der Waals surface area contributed by atoms with E-state index in [0.717, 1.165) is 4.47 Å². The Hall–Kier alpha value is -1.72. The topological polar surface area (TPSA) is 49.3 Å². The molecule has 0 aromatic heterocycles. The third-order valence-corrected chi connectivity index (χ3v) is 3.35. The summed E-state index contributed by atoms with van der Waals surface area (Å²) in [5, 5.41) is 12.5. The molecule has 2 aromatic rings. The average molecular weight is 338 g/mol. The number of benzene rings is 2. The highest BCUT2D eigenvalue weighted by Crippen LogP contribution is 2.13. The Balaban J connectivity index is 1.92. The molecule has 0 aliphatic heterocycles. The van der Waals surface area contributed by atoms with Crippen molar-refractivity contribution < 1.29 is 14.3 Å². The highest BCUT2D eigenvalue weighted by molar-refractivity contribution is 9.10. The van der Waals surface area contributed by atoms with Gasteiger partial charge in [-0.25, -0.2) is 4.39 Å². The zero-order valence-electron chi connectivity index (χ0n) is 10.5. The SMILES string of the molecule is O=C(NCC(O)c1ccc(F)cc1)c1ccc(Br)cc1. The van der Waals surface area contributed by atoms with Crippen molar-refractivity contribution in [3.8, 4) is 0 Å². The molecule has 0 saturated heterocycles. The smallest absolute Gasteiger partial charge is 0.251 e. The summed E-state index contributed by atoms with van der Waals surface area (Å²) in [5.41, 5.74) is 1.07. The fraction of sp³-hybridized carbons (Fsp3) is 0.133. The van der Waals surface area contributed by atoms with Crippen LogP contribution in [-0.4, -0.2) is 17.6 Å². The Morgan fingerprint density at radius 3 is 2.35 bits per heavy atom. The third-order valence-electron chi connectivity index (χ3n) is 2.82. The number of aliphatic hydroxyl groups excluding tert-OH is 1. The van der Waals surface area contributed by atoms with E-state index in [4.69, 9.17) is 0 Å². The minimum atomic E-state index is -0.866. The maximum atomic E-state index is 12.8. The first-order chi connectivity index (χ1) is 9.56. The van der Waals surface area contributed by atoms with Gasteiger partial charge in [0.15, 0.2) is 0 Å². The molecule has 0 aliphatic rings. The monoisotopic (exact) mass is 337 g/mol. The van der Waals surface area contributed by atoms with E-state index < -0.39 is 6.10 Å². The van der Waals surface area contributed by atoms with Crippen LogP contribution in [0.1, 0.15) is 22.0 Å². The fourth-order valence-corrected chi connectivity index (χ4v) is 1.96. The number of amides is 1. The Bertz CT molecular complexity index is 584. The molecule has 2 aromatic carbocycles. The second-order valence-electron chi connectivity index (χ2n) is 4.28. The van der Waals surface area contributed by atoms with Gasteiger partial charge in [0.2, 0.25) is 0 Å². The molecule has 1 amide bonds. The molecular formula is C15H13BrFNO2. The summed E-state index contributed by atoms with van der Waals surface area (Å²) < 4.78 is 13.7. The summed E-state index contributed by atoms with van der Waals surface area (Å²) in [6.07, 6.45) is -0.866. The molecule has 20 heavy (non-hydrogen) atoms. The molecule has 0 bridgehead atoms. The van der Waals surface area contributed by atoms with Gasteiger partial charge in [0.1, 0.15) is 5.82 Å². The molecular weight excluding hydrogens is 325 g/mol. The van der Waals surface area contributed by atoms with Gasteiger partial charge < -0.3 is 10.4 Å². The van der Waals surface area contributed by atoms with E-state index in [0.29, 0.717) is 11.1 Å². The Morgan fingerprint density at radius 2 is 1.75 bits per heavy atom. The summed E-state index contributed by atoms with van der Waals surface area (Å²) in [6, 6.07) is 12.4. The van der Waals surface area contributed by atoms with E-state index in [2.05, 4.69) is 21.2 Å². The molecule has 3 nitrogen and oxygen atoms in total. The predicted octanol–water partition coefficient (Wildman–Crippen LogP) is 3.05. The Labute approximate surface area is 124 Å². The first-order valence-electron chi connectivity index (χ1n) is 6.03. The van der Waals surface area contributed by atoms with Crippen molar-refractivity contribution in [3.63, 3.8) is 0 Å². The van der Waals surface area contributed by atoms with Gasteiger partial charge in [0, 0.05) is 16.6 Å². The second kappa shape index (κ2) is 6.63. The van der Waals surface area contributed by atoms with Crippen LogP contribution < -0.4 is 5.32 Å². The largest absolute Gasteiger partial charge is 0.387 e. The molecule has 0 aliphatic carbocycles. The minimum absolute atomic E-state index is 0.0700. The van der Waals surface area contributed by atoms with Crippen molar-refractivity contribution in [1.29, 1.82) is 0 Å². The Kier molecular flexibility index (Phi) is 4.87. The first-order valence-corrected chi connectivity index (χ1v) is 6.83. The average Bonchev–Trinajstić information content (AvgIpc) is 2.46. The molecule has 2 rings (SSSR count). The van der Waals surface area contributed by atoms with Crippen molar-refractivity contribution in [2.45, 2.75) is 6.10 Å². The quantitative estimate of drug-likeness (QED) is 0.900. The van der Waals surface area contributed by atoms with Crippen LogP contribution in [0.4, 0.5) is 4.39 Å². The zero-order valence-corrected chi connectivity index (χ0v) is 12.1. The maximum Gasteiger partial charge on any atom is 0.251 e. The number of carbonyl (C=O) groups excluding carboxylic acids is 1. The molecule has 2 N–H and O–H groups in total. The van der Waals surface area contributed by atoms with Gasteiger partial charge in [-0.15, -0.1) is 0 Å². The molecule has 5 heteroatoms. The van der Waals surface area contributed by atoms with Gasteiger partial charge >= 0.3 is 0 Å². The molecule has 1 unspecified atom stereocenters. The van der Waals surface area contributed by atoms with E-state index in [1.54, 1.807) is 24.3 Å². The van der Waals surface area contributed by atoms with Gasteiger partial charge in [-0.2, -0.15) is 0 Å². The maximum absolute atomic E-state index is 12.8. The minimum Gasteiger partial charge on any atom is -0.387 e. The van der Waals surface area contributed by atoms with E-state index >= 15 is 0 Å². The number of hydrogen-bond acceptors (Lipinski definition) is 2. The van der Waals surface area contributed by atoms with Crippen LogP contribution in [0.5, 0.6) is 0 Å². The second-order valence-corrected chi connectivity index (χ2v) is 5.20. The van der Waals surface area contributed by atoms with E-state index in [9.17, 15) is 14.3 Å². The lowest BCUT2D eigenvalue weighted by Gasteiger charge is -2.12. The van der Waals surface area contributed by atoms with Crippen molar-refractivity contribution in [3.05, 3.63) is 69.9 Å². The molecule has 104 valence electrons. The molecule has 0 spiro atoms. The summed E-state index contributed by atoms with van der Waals surface area (Å²) in [4.78, 5) is 11.8. The van der Waals surface area contributed by atoms with Crippen LogP contribution in [0.2, 0.25) is 0 Å². The van der Waals surface area contributed by atoms with Crippen LogP contribution in [0, 0.1) is 5.82 Å². The highest BCUT2D eigenvalue weighted by Gasteiger charge is 2.10. The van der Waals surface area contributed by atoms with E-state index in [-0.39, 0.29) is 18.3 Å². The molecule has 0 radical (unpaired) electrons. The van der Waals surface area contributed by atoms with Gasteiger partial charge in [-0.1, -0.05) is 28.1 Å². The first kappa shape index (κ1) is 14.7. The van der Waals surface area contributed by atoms with Crippen molar-refractivity contribution in [2.75, 3.05) is 6.54 Å². The normalized spacial score (nSPS) is 11.9. The molecule has 1 atom stereocenters. The summed E-state index contributed by atoms with van der Waals surface area (Å²) >= 11 is 3.29. The summed E-state index contributed by atoms with van der Waals surface area (Å²) in [7, 11) is 0. The Morgan fingerprint density at radius 1 is 1.15 bits per heavy atom. The van der Waals surface area contributed by atoms with Gasteiger partial charge in [-0.05, 0) is 42.0 Å². The van der Waals surface area contributed by atoms with Crippen molar-refractivity contribution in [2.24, 2.45) is 0 Å². The number of rotatable bonds is 4. The summed E-state index contributed by atoms with van der Waals surface area (Å²) in [5.74, 6) is -0.626. The molecule has 0 fully saturated rings. The van der Waals surface area contributed by atoms with Gasteiger partial charge in [0.25, 0.3) is 5.91 Å². The van der Waals surface area contributed by atoms with Crippen LogP contribution in [0.25, 0.3) is 0 Å².